The van der Waals surface area contributed by atoms with E-state index in [1.807, 2.05) is 0 Å². The quantitative estimate of drug-likeness (QED) is 0.872. The Labute approximate surface area is 126 Å². The number of nitrogens with zero attached hydrogens (tertiary/aromatic N) is 1. The number of carbonyl (C=O) groups is 2. The molecule has 20 heavy (non-hydrogen) atoms. The Morgan fingerprint density at radius 3 is 2.80 bits per heavy atom. The Hall–Kier alpha value is -1.52. The molecule has 0 saturated carbocycles. The third kappa shape index (κ3) is 3.32. The Morgan fingerprint density at radius 1 is 1.35 bits per heavy atom. The lowest BCUT2D eigenvalue weighted by atomic mass is 10.2. The molecule has 0 spiro atoms. The molecular weight excluding hydrogens is 301 g/mol. The van der Waals surface area contributed by atoms with Crippen LogP contribution in [0.2, 0.25) is 10.0 Å². The van der Waals surface area contributed by atoms with Gasteiger partial charge in [0.1, 0.15) is 6.04 Å². The second-order valence-corrected chi connectivity index (χ2v) is 5.37. The summed E-state index contributed by atoms with van der Waals surface area (Å²) in [5.74, 6) is -1.30. The van der Waals surface area contributed by atoms with Crippen molar-refractivity contribution in [3.05, 3.63) is 39.9 Å². The van der Waals surface area contributed by atoms with Crippen molar-refractivity contribution in [1.29, 1.82) is 0 Å². The molecule has 1 fully saturated rings. The van der Waals surface area contributed by atoms with Crippen molar-refractivity contribution in [2.24, 2.45) is 0 Å². The number of rotatable bonds is 3. The minimum atomic E-state index is -0.968. The van der Waals surface area contributed by atoms with Gasteiger partial charge in [-0.1, -0.05) is 23.2 Å². The van der Waals surface area contributed by atoms with Crippen LogP contribution in [0.15, 0.2) is 24.3 Å². The van der Waals surface area contributed by atoms with E-state index in [9.17, 15) is 9.59 Å². The van der Waals surface area contributed by atoms with Crippen molar-refractivity contribution in [2.75, 3.05) is 6.54 Å². The number of hydrogen-bond acceptors (Lipinski definition) is 2. The predicted molar refractivity (Wildman–Crippen MR) is 77.9 cm³/mol. The van der Waals surface area contributed by atoms with Crippen LogP contribution in [-0.2, 0) is 9.59 Å². The maximum atomic E-state index is 12.0. The zero-order valence-corrected chi connectivity index (χ0v) is 12.1. The molecule has 1 atom stereocenters. The van der Waals surface area contributed by atoms with Gasteiger partial charge in [0.15, 0.2) is 0 Å². The summed E-state index contributed by atoms with van der Waals surface area (Å²) >= 11 is 11.8. The normalized spacial score (nSPS) is 18.7. The molecule has 1 aromatic rings. The fourth-order valence-corrected chi connectivity index (χ4v) is 2.55. The van der Waals surface area contributed by atoms with E-state index in [0.29, 0.717) is 35.0 Å². The molecule has 106 valence electrons. The summed E-state index contributed by atoms with van der Waals surface area (Å²) in [4.78, 5) is 24.4. The zero-order chi connectivity index (χ0) is 14.7. The van der Waals surface area contributed by atoms with Crippen LogP contribution >= 0.6 is 23.2 Å². The van der Waals surface area contributed by atoms with Gasteiger partial charge in [0.25, 0.3) is 0 Å². The Bertz CT molecular complexity index is 572. The maximum Gasteiger partial charge on any atom is 0.326 e. The van der Waals surface area contributed by atoms with Gasteiger partial charge in [-0.2, -0.15) is 0 Å². The number of aliphatic carboxylic acids is 1. The van der Waals surface area contributed by atoms with E-state index < -0.39 is 12.0 Å². The van der Waals surface area contributed by atoms with Crippen LogP contribution in [0.3, 0.4) is 0 Å². The summed E-state index contributed by atoms with van der Waals surface area (Å²) in [6.45, 7) is 0.462. The molecule has 0 radical (unpaired) electrons. The highest BCUT2D eigenvalue weighted by molar-refractivity contribution is 6.34. The molecule has 1 aliphatic heterocycles. The predicted octanol–water partition coefficient (Wildman–Crippen LogP) is 3.08. The van der Waals surface area contributed by atoms with E-state index >= 15 is 0 Å². The van der Waals surface area contributed by atoms with E-state index in [-0.39, 0.29) is 5.91 Å². The van der Waals surface area contributed by atoms with Gasteiger partial charge in [-0.3, -0.25) is 4.79 Å². The zero-order valence-electron chi connectivity index (χ0n) is 10.6. The largest absolute Gasteiger partial charge is 0.480 e. The van der Waals surface area contributed by atoms with Crippen LogP contribution in [-0.4, -0.2) is 34.5 Å². The second kappa shape index (κ2) is 6.29. The minimum absolute atomic E-state index is 0.328. The van der Waals surface area contributed by atoms with Gasteiger partial charge in [-0.25, -0.2) is 4.79 Å². The average molecular weight is 314 g/mol. The number of carboxylic acid groups (broad SMARTS) is 1. The number of halogens is 2. The molecule has 1 heterocycles. The Morgan fingerprint density at radius 2 is 2.10 bits per heavy atom. The first-order valence-corrected chi connectivity index (χ1v) is 6.91. The number of likely N-dealkylation sites (tertiary alicyclic amines) is 1. The summed E-state index contributed by atoms with van der Waals surface area (Å²) in [6, 6.07) is 4.21. The molecule has 1 aromatic carbocycles. The van der Waals surface area contributed by atoms with Crippen LogP contribution < -0.4 is 0 Å². The molecule has 2 rings (SSSR count). The fraction of sp³-hybridized carbons (Fsp3) is 0.286. The van der Waals surface area contributed by atoms with Crippen molar-refractivity contribution >= 4 is 41.2 Å². The molecule has 1 amide bonds. The second-order valence-electron chi connectivity index (χ2n) is 4.53. The van der Waals surface area contributed by atoms with E-state index in [2.05, 4.69) is 0 Å². The first-order valence-electron chi connectivity index (χ1n) is 6.15. The van der Waals surface area contributed by atoms with E-state index in [1.54, 1.807) is 24.3 Å². The Kier molecular flexibility index (Phi) is 4.68. The monoisotopic (exact) mass is 313 g/mol. The topological polar surface area (TPSA) is 57.6 Å². The van der Waals surface area contributed by atoms with Crippen molar-refractivity contribution in [1.82, 2.24) is 4.90 Å². The summed E-state index contributed by atoms with van der Waals surface area (Å²) in [5, 5.41) is 10.0. The molecule has 0 unspecified atom stereocenters. The van der Waals surface area contributed by atoms with Gasteiger partial charge >= 0.3 is 5.97 Å². The highest BCUT2D eigenvalue weighted by Gasteiger charge is 2.32. The molecule has 4 nitrogen and oxygen atoms in total. The Balaban J connectivity index is 2.13. The molecule has 0 aliphatic carbocycles. The van der Waals surface area contributed by atoms with Crippen molar-refractivity contribution in [3.8, 4) is 0 Å². The van der Waals surface area contributed by atoms with Crippen molar-refractivity contribution in [3.63, 3.8) is 0 Å². The molecular formula is C14H13Cl2NO3. The van der Waals surface area contributed by atoms with E-state index in [4.69, 9.17) is 28.3 Å². The number of benzene rings is 1. The van der Waals surface area contributed by atoms with Gasteiger partial charge in [0.2, 0.25) is 5.91 Å². The minimum Gasteiger partial charge on any atom is -0.480 e. The standard InChI is InChI=1S/C14H13Cl2NO3/c15-10-4-5-11(16)9(8-10)3-6-13(18)17-7-1-2-12(17)14(19)20/h3-6,8,12H,1-2,7H2,(H,19,20)/b6-3+/t12-/m0/s1. The summed E-state index contributed by atoms with van der Waals surface area (Å²) in [7, 11) is 0. The lowest BCUT2D eigenvalue weighted by molar-refractivity contribution is -0.146. The van der Waals surface area contributed by atoms with Gasteiger partial charge in [-0.15, -0.1) is 0 Å². The fourth-order valence-electron chi connectivity index (χ4n) is 2.19. The summed E-state index contributed by atoms with van der Waals surface area (Å²) in [6.07, 6.45) is 4.08. The SMILES string of the molecule is O=C(O)[C@@H]1CCCN1C(=O)/C=C/c1cc(Cl)ccc1Cl. The summed E-state index contributed by atoms with van der Waals surface area (Å²) < 4.78 is 0. The van der Waals surface area contributed by atoms with Gasteiger partial charge in [0.05, 0.1) is 0 Å². The maximum absolute atomic E-state index is 12.0. The number of carbonyl (C=O) groups excluding carboxylic acids is 1. The first-order chi connectivity index (χ1) is 9.49. The van der Waals surface area contributed by atoms with Crippen LogP contribution in [0.4, 0.5) is 0 Å². The van der Waals surface area contributed by atoms with Crippen LogP contribution in [0.25, 0.3) is 6.08 Å². The van der Waals surface area contributed by atoms with Crippen molar-refractivity contribution < 1.29 is 14.7 Å². The molecule has 1 N–H and O–H groups in total. The highest BCUT2D eigenvalue weighted by atomic mass is 35.5. The smallest absolute Gasteiger partial charge is 0.326 e. The lowest BCUT2D eigenvalue weighted by Crippen LogP contribution is -2.39. The summed E-state index contributed by atoms with van der Waals surface area (Å²) in [5.41, 5.74) is 0.624. The number of hydrogen-bond donors (Lipinski definition) is 1. The molecule has 1 aliphatic rings. The first kappa shape index (κ1) is 14.9. The van der Waals surface area contributed by atoms with Crippen LogP contribution in [0.1, 0.15) is 18.4 Å². The van der Waals surface area contributed by atoms with Crippen LogP contribution in [0, 0.1) is 0 Å². The third-order valence-electron chi connectivity index (χ3n) is 3.18. The average Bonchev–Trinajstić information content (AvgIpc) is 2.89. The lowest BCUT2D eigenvalue weighted by Gasteiger charge is -2.19. The van der Waals surface area contributed by atoms with Gasteiger partial charge in [-0.05, 0) is 42.7 Å². The highest BCUT2D eigenvalue weighted by Crippen LogP contribution is 2.23. The van der Waals surface area contributed by atoms with E-state index in [0.717, 1.165) is 0 Å². The molecule has 6 heteroatoms. The molecule has 0 bridgehead atoms. The molecule has 0 aromatic heterocycles. The van der Waals surface area contributed by atoms with Crippen LogP contribution in [0.5, 0.6) is 0 Å². The molecule has 1 saturated heterocycles. The third-order valence-corrected chi connectivity index (χ3v) is 3.76. The van der Waals surface area contributed by atoms with Gasteiger partial charge in [0, 0.05) is 22.7 Å². The number of carboxylic acids is 1. The van der Waals surface area contributed by atoms with E-state index in [1.165, 1.54) is 11.0 Å². The van der Waals surface area contributed by atoms with Gasteiger partial charge < -0.3 is 10.0 Å². The van der Waals surface area contributed by atoms with Crippen molar-refractivity contribution in [2.45, 2.75) is 18.9 Å². The number of amides is 1.